The van der Waals surface area contributed by atoms with E-state index < -0.39 is 0 Å². The van der Waals surface area contributed by atoms with Gasteiger partial charge in [0.1, 0.15) is 0 Å². The largest absolute Gasteiger partial charge is 0.329 e. The Labute approximate surface area is 91.1 Å². The number of piperidine rings is 1. The molecule has 4 nitrogen and oxygen atoms in total. The highest BCUT2D eigenvalue weighted by molar-refractivity contribution is 5.09. The summed E-state index contributed by atoms with van der Waals surface area (Å²) in [6.45, 7) is 4.12. The number of nitrogens with two attached hydrogens (primary N) is 1. The lowest BCUT2D eigenvalue weighted by Gasteiger charge is -2.32. The summed E-state index contributed by atoms with van der Waals surface area (Å²) < 4.78 is 2.00. The van der Waals surface area contributed by atoms with Gasteiger partial charge in [0.25, 0.3) is 0 Å². The van der Waals surface area contributed by atoms with Crippen molar-refractivity contribution in [2.45, 2.75) is 18.8 Å². The van der Waals surface area contributed by atoms with Crippen LogP contribution in [0.15, 0.2) is 12.3 Å². The summed E-state index contributed by atoms with van der Waals surface area (Å²) in [4.78, 5) is 2.46. The first-order chi connectivity index (χ1) is 7.31. The van der Waals surface area contributed by atoms with Gasteiger partial charge in [-0.2, -0.15) is 5.10 Å². The zero-order chi connectivity index (χ0) is 10.7. The van der Waals surface area contributed by atoms with Crippen molar-refractivity contribution in [1.82, 2.24) is 14.7 Å². The van der Waals surface area contributed by atoms with Gasteiger partial charge in [-0.1, -0.05) is 0 Å². The predicted octanol–water partition coefficient (Wildman–Crippen LogP) is 0.558. The SMILES string of the molecule is Cn1nccc1C1CCCN(CCN)C1. The van der Waals surface area contributed by atoms with E-state index in [0.29, 0.717) is 5.92 Å². The molecule has 1 fully saturated rings. The molecule has 2 N–H and O–H groups in total. The van der Waals surface area contributed by atoms with Gasteiger partial charge in [0, 0.05) is 44.5 Å². The lowest BCUT2D eigenvalue weighted by molar-refractivity contribution is 0.209. The second kappa shape index (κ2) is 4.77. The van der Waals surface area contributed by atoms with Crippen LogP contribution in [-0.2, 0) is 7.05 Å². The van der Waals surface area contributed by atoms with E-state index >= 15 is 0 Å². The smallest absolute Gasteiger partial charge is 0.0492 e. The molecule has 0 aromatic carbocycles. The van der Waals surface area contributed by atoms with Crippen molar-refractivity contribution < 1.29 is 0 Å². The summed E-state index contributed by atoms with van der Waals surface area (Å²) in [6.07, 6.45) is 4.44. The molecule has 0 radical (unpaired) electrons. The van der Waals surface area contributed by atoms with Crippen LogP contribution in [0.2, 0.25) is 0 Å². The molecule has 4 heteroatoms. The second-order valence-electron chi connectivity index (χ2n) is 4.31. The third kappa shape index (κ3) is 2.38. The normalized spacial score (nSPS) is 23.2. The first kappa shape index (κ1) is 10.6. The van der Waals surface area contributed by atoms with Gasteiger partial charge in [-0.15, -0.1) is 0 Å². The Hall–Kier alpha value is -0.870. The molecule has 1 aliphatic heterocycles. The molecular weight excluding hydrogens is 188 g/mol. The molecule has 1 atom stereocenters. The van der Waals surface area contributed by atoms with Gasteiger partial charge in [-0.05, 0) is 25.5 Å². The minimum atomic E-state index is 0.637. The summed E-state index contributed by atoms with van der Waals surface area (Å²) in [5, 5.41) is 4.24. The van der Waals surface area contributed by atoms with E-state index in [9.17, 15) is 0 Å². The van der Waals surface area contributed by atoms with Crippen LogP contribution in [0.3, 0.4) is 0 Å². The summed E-state index contributed by atoms with van der Waals surface area (Å²) in [7, 11) is 2.03. The van der Waals surface area contributed by atoms with Crippen LogP contribution in [0.4, 0.5) is 0 Å². The maximum atomic E-state index is 5.59. The molecule has 2 rings (SSSR count). The van der Waals surface area contributed by atoms with Crippen LogP contribution in [0.25, 0.3) is 0 Å². The summed E-state index contributed by atoms with van der Waals surface area (Å²) in [5.74, 6) is 0.637. The van der Waals surface area contributed by atoms with Crippen molar-refractivity contribution in [2.24, 2.45) is 12.8 Å². The molecule has 15 heavy (non-hydrogen) atoms. The van der Waals surface area contributed by atoms with Gasteiger partial charge >= 0.3 is 0 Å². The highest BCUT2D eigenvalue weighted by Crippen LogP contribution is 2.25. The van der Waals surface area contributed by atoms with E-state index in [4.69, 9.17) is 5.73 Å². The number of hydrogen-bond donors (Lipinski definition) is 1. The molecule has 1 aromatic heterocycles. The quantitative estimate of drug-likeness (QED) is 0.789. The molecule has 0 saturated carbocycles. The Morgan fingerprint density at radius 3 is 3.13 bits per heavy atom. The van der Waals surface area contributed by atoms with Gasteiger partial charge in [0.15, 0.2) is 0 Å². The minimum absolute atomic E-state index is 0.637. The summed E-state index contributed by atoms with van der Waals surface area (Å²) in [6, 6.07) is 2.14. The molecule has 1 saturated heterocycles. The second-order valence-corrected chi connectivity index (χ2v) is 4.31. The number of aromatic nitrogens is 2. The van der Waals surface area contributed by atoms with Crippen LogP contribution in [0, 0.1) is 0 Å². The molecule has 2 heterocycles. The molecule has 0 aliphatic carbocycles. The van der Waals surface area contributed by atoms with E-state index in [1.54, 1.807) is 0 Å². The molecule has 1 aliphatic rings. The Morgan fingerprint density at radius 2 is 2.47 bits per heavy atom. The number of likely N-dealkylation sites (tertiary alicyclic amines) is 1. The first-order valence-corrected chi connectivity index (χ1v) is 5.71. The lowest BCUT2D eigenvalue weighted by Crippen LogP contribution is -2.38. The summed E-state index contributed by atoms with van der Waals surface area (Å²) >= 11 is 0. The first-order valence-electron chi connectivity index (χ1n) is 5.71. The van der Waals surface area contributed by atoms with Crippen LogP contribution in [0.5, 0.6) is 0 Å². The van der Waals surface area contributed by atoms with Crippen molar-refractivity contribution in [1.29, 1.82) is 0 Å². The van der Waals surface area contributed by atoms with Crippen LogP contribution in [-0.4, -0.2) is 40.9 Å². The fourth-order valence-corrected chi connectivity index (χ4v) is 2.47. The van der Waals surface area contributed by atoms with Crippen molar-refractivity contribution in [3.8, 4) is 0 Å². The van der Waals surface area contributed by atoms with E-state index in [1.165, 1.54) is 25.1 Å². The monoisotopic (exact) mass is 208 g/mol. The molecule has 0 bridgehead atoms. The fraction of sp³-hybridized carbons (Fsp3) is 0.727. The highest BCUT2D eigenvalue weighted by atomic mass is 15.3. The third-order valence-electron chi connectivity index (χ3n) is 3.23. The van der Waals surface area contributed by atoms with Gasteiger partial charge in [-0.25, -0.2) is 0 Å². The topological polar surface area (TPSA) is 47.1 Å². The zero-order valence-electron chi connectivity index (χ0n) is 9.39. The van der Waals surface area contributed by atoms with Crippen molar-refractivity contribution in [3.63, 3.8) is 0 Å². The van der Waals surface area contributed by atoms with Crippen molar-refractivity contribution in [3.05, 3.63) is 18.0 Å². The average Bonchev–Trinajstić information content (AvgIpc) is 2.65. The maximum absolute atomic E-state index is 5.59. The average molecular weight is 208 g/mol. The molecular formula is C11H20N4. The summed E-state index contributed by atoms with van der Waals surface area (Å²) in [5.41, 5.74) is 6.95. The van der Waals surface area contributed by atoms with E-state index in [-0.39, 0.29) is 0 Å². The number of hydrogen-bond acceptors (Lipinski definition) is 3. The zero-order valence-corrected chi connectivity index (χ0v) is 9.39. The number of nitrogens with zero attached hydrogens (tertiary/aromatic N) is 3. The molecule has 1 unspecified atom stereocenters. The molecule has 0 amide bonds. The molecule has 1 aromatic rings. The standard InChI is InChI=1S/C11H20N4/c1-14-11(4-6-13-14)10-3-2-7-15(9-10)8-5-12/h4,6,10H,2-3,5,7-9,12H2,1H3. The van der Waals surface area contributed by atoms with Crippen LogP contribution in [0.1, 0.15) is 24.5 Å². The Bertz CT molecular complexity index is 305. The highest BCUT2D eigenvalue weighted by Gasteiger charge is 2.22. The van der Waals surface area contributed by atoms with Gasteiger partial charge in [0.05, 0.1) is 0 Å². The minimum Gasteiger partial charge on any atom is -0.329 e. The Kier molecular flexibility index (Phi) is 3.38. The van der Waals surface area contributed by atoms with Crippen LogP contribution >= 0.6 is 0 Å². The maximum Gasteiger partial charge on any atom is 0.0492 e. The van der Waals surface area contributed by atoms with Crippen molar-refractivity contribution in [2.75, 3.05) is 26.2 Å². The molecule has 0 spiro atoms. The van der Waals surface area contributed by atoms with E-state index in [0.717, 1.165) is 19.6 Å². The van der Waals surface area contributed by atoms with Gasteiger partial charge in [-0.3, -0.25) is 4.68 Å². The van der Waals surface area contributed by atoms with E-state index in [1.807, 2.05) is 17.9 Å². The Morgan fingerprint density at radius 1 is 1.60 bits per heavy atom. The lowest BCUT2D eigenvalue weighted by atomic mass is 9.95. The predicted molar refractivity (Wildman–Crippen MR) is 60.7 cm³/mol. The van der Waals surface area contributed by atoms with Gasteiger partial charge in [0.2, 0.25) is 0 Å². The van der Waals surface area contributed by atoms with Crippen molar-refractivity contribution >= 4 is 0 Å². The molecule has 84 valence electrons. The van der Waals surface area contributed by atoms with E-state index in [2.05, 4.69) is 16.1 Å². The third-order valence-corrected chi connectivity index (χ3v) is 3.23. The fourth-order valence-electron chi connectivity index (χ4n) is 2.47. The number of rotatable bonds is 3. The Balaban J connectivity index is 2.01. The van der Waals surface area contributed by atoms with Crippen LogP contribution < -0.4 is 5.73 Å². The number of aryl methyl sites for hydroxylation is 1. The van der Waals surface area contributed by atoms with Gasteiger partial charge < -0.3 is 10.6 Å².